The summed E-state index contributed by atoms with van der Waals surface area (Å²) in [6.45, 7) is 1.01. The zero-order chi connectivity index (χ0) is 13.2. The molecule has 2 aliphatic carbocycles. The van der Waals surface area contributed by atoms with E-state index in [4.69, 9.17) is 0 Å². The van der Waals surface area contributed by atoms with Crippen molar-refractivity contribution in [2.24, 2.45) is 5.92 Å². The Kier molecular flexibility index (Phi) is 3.85. The quantitative estimate of drug-likeness (QED) is 0.875. The second-order valence-corrected chi connectivity index (χ2v) is 6.13. The van der Waals surface area contributed by atoms with Crippen LogP contribution >= 0.6 is 0 Å². The van der Waals surface area contributed by atoms with Gasteiger partial charge in [0.05, 0.1) is 6.10 Å². The topological polar surface area (TPSA) is 32.3 Å². The van der Waals surface area contributed by atoms with Crippen LogP contribution in [0.2, 0.25) is 0 Å². The van der Waals surface area contributed by atoms with Crippen LogP contribution in [-0.4, -0.2) is 23.8 Å². The molecule has 2 N–H and O–H groups in total. The lowest BCUT2D eigenvalue weighted by Crippen LogP contribution is -2.42. The van der Waals surface area contributed by atoms with Gasteiger partial charge in [0.25, 0.3) is 0 Å². The first kappa shape index (κ1) is 13.1. The van der Waals surface area contributed by atoms with E-state index < -0.39 is 0 Å². The lowest BCUT2D eigenvalue weighted by Gasteiger charge is -2.37. The third-order valence-electron chi connectivity index (χ3n) is 4.69. The monoisotopic (exact) mass is 263 g/mol. The Morgan fingerprint density at radius 1 is 1.16 bits per heavy atom. The van der Waals surface area contributed by atoms with Crippen molar-refractivity contribution in [3.63, 3.8) is 0 Å². The second kappa shape index (κ2) is 5.59. The van der Waals surface area contributed by atoms with E-state index in [-0.39, 0.29) is 11.9 Å². The Bertz CT molecular complexity index is 431. The molecule has 1 aromatic rings. The molecule has 0 aromatic heterocycles. The fourth-order valence-electron chi connectivity index (χ4n) is 3.41. The second-order valence-electron chi connectivity index (χ2n) is 6.13. The molecule has 19 heavy (non-hydrogen) atoms. The molecule has 0 bridgehead atoms. The first-order valence-electron chi connectivity index (χ1n) is 7.38. The summed E-state index contributed by atoms with van der Waals surface area (Å²) >= 11 is 0. The van der Waals surface area contributed by atoms with Gasteiger partial charge in [-0.1, -0.05) is 18.2 Å². The lowest BCUT2D eigenvalue weighted by atomic mass is 9.75. The fraction of sp³-hybridized carbons (Fsp3) is 0.625. The van der Waals surface area contributed by atoms with Crippen molar-refractivity contribution in [3.8, 4) is 0 Å². The number of halogens is 1. The molecule has 2 aliphatic rings. The van der Waals surface area contributed by atoms with Gasteiger partial charge >= 0.3 is 0 Å². The molecule has 2 fully saturated rings. The molecule has 104 valence electrons. The van der Waals surface area contributed by atoms with Gasteiger partial charge in [0.1, 0.15) is 5.82 Å². The largest absolute Gasteiger partial charge is 0.393 e. The van der Waals surface area contributed by atoms with Gasteiger partial charge in [0.15, 0.2) is 0 Å². The van der Waals surface area contributed by atoms with Crippen LogP contribution in [0.5, 0.6) is 0 Å². The van der Waals surface area contributed by atoms with E-state index in [1.54, 1.807) is 12.1 Å². The first-order chi connectivity index (χ1) is 9.22. The highest BCUT2D eigenvalue weighted by atomic mass is 19.1. The maximum Gasteiger partial charge on any atom is 0.126 e. The molecule has 0 radical (unpaired) electrons. The molecule has 2 saturated carbocycles. The van der Waals surface area contributed by atoms with Crippen molar-refractivity contribution in [1.29, 1.82) is 0 Å². The van der Waals surface area contributed by atoms with Crippen molar-refractivity contribution in [2.45, 2.75) is 50.2 Å². The van der Waals surface area contributed by atoms with Crippen LogP contribution in [0.15, 0.2) is 24.3 Å². The lowest BCUT2D eigenvalue weighted by molar-refractivity contribution is 0.175. The molecule has 0 spiro atoms. The Morgan fingerprint density at radius 2 is 1.95 bits per heavy atom. The maximum atomic E-state index is 13.6. The molecule has 1 aromatic carbocycles. The Labute approximate surface area is 114 Å². The number of aliphatic hydroxyl groups is 1. The minimum absolute atomic E-state index is 0.0649. The van der Waals surface area contributed by atoms with Gasteiger partial charge < -0.3 is 10.4 Å². The number of aliphatic hydroxyl groups excluding tert-OH is 1. The van der Waals surface area contributed by atoms with Crippen LogP contribution < -0.4 is 5.32 Å². The highest BCUT2D eigenvalue weighted by Crippen LogP contribution is 2.38. The molecule has 3 rings (SSSR count). The minimum atomic E-state index is -0.0839. The van der Waals surface area contributed by atoms with Crippen molar-refractivity contribution >= 4 is 0 Å². The van der Waals surface area contributed by atoms with Crippen molar-refractivity contribution in [2.75, 3.05) is 6.54 Å². The number of hydrogen-bond acceptors (Lipinski definition) is 2. The van der Waals surface area contributed by atoms with E-state index >= 15 is 0 Å². The van der Waals surface area contributed by atoms with Crippen molar-refractivity contribution in [3.05, 3.63) is 35.6 Å². The summed E-state index contributed by atoms with van der Waals surface area (Å²) in [7, 11) is 0. The van der Waals surface area contributed by atoms with Gasteiger partial charge in [-0.25, -0.2) is 4.39 Å². The molecule has 0 aliphatic heterocycles. The number of nitrogens with one attached hydrogen (secondary N) is 1. The Morgan fingerprint density at radius 3 is 2.63 bits per heavy atom. The molecule has 2 nitrogen and oxygen atoms in total. The molecule has 2 atom stereocenters. The maximum absolute atomic E-state index is 13.6. The van der Waals surface area contributed by atoms with Gasteiger partial charge in [-0.2, -0.15) is 0 Å². The van der Waals surface area contributed by atoms with Crippen LogP contribution in [0.1, 0.15) is 43.6 Å². The third kappa shape index (κ3) is 2.98. The van der Waals surface area contributed by atoms with Crippen LogP contribution in [0.3, 0.4) is 0 Å². The van der Waals surface area contributed by atoms with E-state index in [1.807, 2.05) is 12.1 Å². The summed E-state index contributed by atoms with van der Waals surface area (Å²) in [4.78, 5) is 0. The van der Waals surface area contributed by atoms with Gasteiger partial charge in [-0.05, 0) is 62.1 Å². The molecule has 2 unspecified atom stereocenters. The highest BCUT2D eigenvalue weighted by Gasteiger charge is 2.32. The van der Waals surface area contributed by atoms with Crippen molar-refractivity contribution < 1.29 is 9.50 Å². The molecule has 0 saturated heterocycles. The van der Waals surface area contributed by atoms with Gasteiger partial charge in [0, 0.05) is 6.04 Å². The standard InChI is InChI=1S/C16H22FNO/c17-16-4-2-1-3-15(16)12-8-13(9-12)18-10-11-5-6-14(19)7-11/h1-4,11-14,18-19H,5-10H2. The summed E-state index contributed by atoms with van der Waals surface area (Å²) in [6, 6.07) is 7.65. The van der Waals surface area contributed by atoms with Crippen LogP contribution in [0.4, 0.5) is 4.39 Å². The molecule has 3 heteroatoms. The first-order valence-corrected chi connectivity index (χ1v) is 7.38. The summed E-state index contributed by atoms with van der Waals surface area (Å²) in [6.07, 6.45) is 5.02. The zero-order valence-corrected chi connectivity index (χ0v) is 11.2. The fourth-order valence-corrected chi connectivity index (χ4v) is 3.41. The SMILES string of the molecule is OC1CCC(CNC2CC(c3ccccc3F)C2)C1. The van der Waals surface area contributed by atoms with Crippen molar-refractivity contribution in [1.82, 2.24) is 5.32 Å². The predicted molar refractivity (Wildman–Crippen MR) is 73.5 cm³/mol. The predicted octanol–water partition coefficient (Wildman–Crippen LogP) is 2.82. The average Bonchev–Trinajstić information content (AvgIpc) is 2.75. The summed E-state index contributed by atoms with van der Waals surface area (Å²) < 4.78 is 13.6. The van der Waals surface area contributed by atoms with E-state index in [2.05, 4.69) is 5.32 Å². The highest BCUT2D eigenvalue weighted by molar-refractivity contribution is 5.24. The summed E-state index contributed by atoms with van der Waals surface area (Å²) in [5.41, 5.74) is 0.872. The van der Waals surface area contributed by atoms with Gasteiger partial charge in [0.2, 0.25) is 0 Å². The molecule has 0 heterocycles. The van der Waals surface area contributed by atoms with E-state index in [0.29, 0.717) is 17.9 Å². The Hall–Kier alpha value is -0.930. The van der Waals surface area contributed by atoms with E-state index in [9.17, 15) is 9.50 Å². The molecular formula is C16H22FNO. The third-order valence-corrected chi connectivity index (χ3v) is 4.69. The van der Waals surface area contributed by atoms with E-state index in [1.165, 1.54) is 0 Å². The smallest absolute Gasteiger partial charge is 0.126 e. The van der Waals surface area contributed by atoms with Gasteiger partial charge in [-0.15, -0.1) is 0 Å². The Balaban J connectivity index is 1.42. The summed E-state index contributed by atoms with van der Waals surface area (Å²) in [5.74, 6) is 0.945. The average molecular weight is 263 g/mol. The van der Waals surface area contributed by atoms with Crippen LogP contribution in [0, 0.1) is 11.7 Å². The van der Waals surface area contributed by atoms with E-state index in [0.717, 1.165) is 44.2 Å². The van der Waals surface area contributed by atoms with Crippen LogP contribution in [0.25, 0.3) is 0 Å². The van der Waals surface area contributed by atoms with Crippen LogP contribution in [-0.2, 0) is 0 Å². The number of rotatable bonds is 4. The number of benzene rings is 1. The normalized spacial score (nSPS) is 34.2. The number of hydrogen-bond donors (Lipinski definition) is 2. The minimum Gasteiger partial charge on any atom is -0.393 e. The zero-order valence-electron chi connectivity index (χ0n) is 11.2. The summed E-state index contributed by atoms with van der Waals surface area (Å²) in [5, 5.41) is 13.1. The molecular weight excluding hydrogens is 241 g/mol. The molecule has 0 amide bonds. The van der Waals surface area contributed by atoms with Gasteiger partial charge in [-0.3, -0.25) is 0 Å².